The van der Waals surface area contributed by atoms with Crippen LogP contribution in [0.4, 0.5) is 0 Å². The summed E-state index contributed by atoms with van der Waals surface area (Å²) in [6.07, 6.45) is -0.884. The van der Waals surface area contributed by atoms with Gasteiger partial charge in [-0.3, -0.25) is 4.79 Å². The van der Waals surface area contributed by atoms with Gasteiger partial charge in [0.15, 0.2) is 5.78 Å². The lowest BCUT2D eigenvalue weighted by molar-refractivity contribution is 0.0948. The fraction of sp³-hybridized carbons (Fsp3) is 0.125. The second kappa shape index (κ2) is 15.8. The summed E-state index contributed by atoms with van der Waals surface area (Å²) in [7, 11) is 0. The fourth-order valence-corrected chi connectivity index (χ4v) is 11.5. The molecule has 0 fully saturated rings. The highest BCUT2D eigenvalue weighted by Gasteiger charge is 2.54. The van der Waals surface area contributed by atoms with Crippen LogP contribution in [0.1, 0.15) is 113 Å². The number of rotatable bonds is 7. The number of carbonyl (C=O) groups is 1. The topological polar surface area (TPSA) is 249 Å². The number of fused-ring (bicyclic) bond motifs is 3. The SMILES string of the molecule is O=C(c1ccc(O)cc1)[C@@H]1c2c([C@@H]3c4cc(O)cc5c4[C@@H](c4cc(O)cc(O)c4[C@H]3c3ccc(O)cc3)[C@H](c3ccc(O)cc3)O5)c(O)cc(O)c2[C@H](c2ccc(O)cc2)[C@H]1c1cc(O)cc(O)c1. The van der Waals surface area contributed by atoms with Crippen molar-refractivity contribution in [1.82, 2.24) is 0 Å². The number of aromatic hydroxyl groups is 11. The zero-order chi connectivity index (χ0) is 48.2. The normalized spacial score (nSPS) is 20.8. The van der Waals surface area contributed by atoms with Crippen molar-refractivity contribution in [3.63, 3.8) is 0 Å². The lowest BCUT2D eigenvalue weighted by Crippen LogP contribution is -2.22. The standard InChI is InChI=1S/C56H42O13/c57-30-9-1-25(2-10-30)44-46(29-17-34(61)19-35(62)18-29)54(55(68)27-5-13-32(59)14-6-27)53-51(44)41(66)24-42(67)52(53)49-39-21-37(64)23-43-48(39)50(56(69-43)28-7-15-33(60)16-8-28)38-20-36(63)22-40(65)47(38)45(49)26-3-11-31(58)12-4-26/h1-24,44-46,49-50,54,56-67H/t44-,45-,46-,49-,50-,54+,56+/m1/s1. The third kappa shape index (κ3) is 6.88. The first kappa shape index (κ1) is 42.7. The van der Waals surface area contributed by atoms with Crippen LogP contribution in [-0.4, -0.2) is 62.0 Å². The van der Waals surface area contributed by atoms with Gasteiger partial charge in [0.2, 0.25) is 0 Å². The highest BCUT2D eigenvalue weighted by atomic mass is 16.5. The van der Waals surface area contributed by atoms with E-state index in [1.807, 2.05) is 0 Å². The quantitative estimate of drug-likeness (QED) is 0.0667. The van der Waals surface area contributed by atoms with Gasteiger partial charge >= 0.3 is 0 Å². The number of Topliss-reactive ketones (excluding diaryl/α,β-unsaturated/α-hetero) is 1. The van der Waals surface area contributed by atoms with Crippen LogP contribution >= 0.6 is 0 Å². The minimum absolute atomic E-state index is 0.00508. The molecule has 3 aliphatic rings. The lowest BCUT2D eigenvalue weighted by atomic mass is 9.69. The van der Waals surface area contributed by atoms with Gasteiger partial charge in [-0.25, -0.2) is 0 Å². The molecule has 0 aromatic heterocycles. The summed E-state index contributed by atoms with van der Waals surface area (Å²) in [6, 6.07) is 35.0. The Bertz CT molecular complexity index is 3350. The van der Waals surface area contributed by atoms with Crippen molar-refractivity contribution in [2.24, 2.45) is 0 Å². The molecule has 11 N–H and O–H groups in total. The van der Waals surface area contributed by atoms with E-state index in [0.29, 0.717) is 33.4 Å². The van der Waals surface area contributed by atoms with Gasteiger partial charge in [0.25, 0.3) is 0 Å². The Kier molecular flexibility index (Phi) is 9.79. The van der Waals surface area contributed by atoms with Crippen LogP contribution in [0.5, 0.6) is 69.0 Å². The van der Waals surface area contributed by atoms with Crippen LogP contribution in [0.25, 0.3) is 0 Å². The maximum Gasteiger partial charge on any atom is 0.170 e. The van der Waals surface area contributed by atoms with Crippen molar-refractivity contribution in [3.8, 4) is 69.0 Å². The van der Waals surface area contributed by atoms with E-state index in [4.69, 9.17) is 4.74 Å². The molecule has 0 unspecified atom stereocenters. The molecule has 0 bridgehead atoms. The number of phenols is 11. The second-order valence-corrected chi connectivity index (χ2v) is 18.0. The number of phenolic OH excluding ortho intramolecular Hbond substituents is 11. The summed E-state index contributed by atoms with van der Waals surface area (Å²) in [5.74, 6) is -9.65. The molecule has 11 rings (SSSR count). The smallest absolute Gasteiger partial charge is 0.170 e. The number of hydrogen-bond donors (Lipinski definition) is 11. The number of hydrogen-bond acceptors (Lipinski definition) is 13. The fourth-order valence-electron chi connectivity index (χ4n) is 11.5. The Morgan fingerprint density at radius 3 is 1.36 bits per heavy atom. The second-order valence-electron chi connectivity index (χ2n) is 18.0. The lowest BCUT2D eigenvalue weighted by Gasteiger charge is -2.33. The Balaban J connectivity index is 1.30. The van der Waals surface area contributed by atoms with Gasteiger partial charge in [-0.1, -0.05) is 36.4 Å². The van der Waals surface area contributed by atoms with Crippen molar-refractivity contribution < 1.29 is 65.7 Å². The first-order valence-electron chi connectivity index (χ1n) is 22.1. The maximum atomic E-state index is 15.8. The Hall–Kier alpha value is -8.97. The van der Waals surface area contributed by atoms with E-state index in [1.54, 1.807) is 36.4 Å². The third-order valence-corrected chi connectivity index (χ3v) is 14.0. The predicted molar refractivity (Wildman–Crippen MR) is 250 cm³/mol. The van der Waals surface area contributed by atoms with E-state index in [9.17, 15) is 56.2 Å². The Labute approximate surface area is 393 Å². The first-order valence-corrected chi connectivity index (χ1v) is 22.1. The molecule has 69 heavy (non-hydrogen) atoms. The van der Waals surface area contributed by atoms with Crippen molar-refractivity contribution in [2.75, 3.05) is 0 Å². The molecule has 344 valence electrons. The number of ketones is 1. The van der Waals surface area contributed by atoms with Crippen LogP contribution < -0.4 is 4.74 Å². The summed E-state index contributed by atoms with van der Waals surface area (Å²) in [5, 5.41) is 125. The molecule has 2 aliphatic carbocycles. The Morgan fingerprint density at radius 2 is 0.797 bits per heavy atom. The number of carbonyl (C=O) groups excluding carboxylic acids is 1. The zero-order valence-electron chi connectivity index (χ0n) is 36.1. The van der Waals surface area contributed by atoms with Gasteiger partial charge in [-0.2, -0.15) is 0 Å². The summed E-state index contributed by atoms with van der Waals surface area (Å²) in [4.78, 5) is 15.8. The third-order valence-electron chi connectivity index (χ3n) is 14.0. The zero-order valence-corrected chi connectivity index (χ0v) is 36.1. The largest absolute Gasteiger partial charge is 0.508 e. The molecule has 0 saturated heterocycles. The van der Waals surface area contributed by atoms with Gasteiger partial charge in [-0.05, 0) is 124 Å². The number of benzene rings is 8. The van der Waals surface area contributed by atoms with Crippen LogP contribution in [-0.2, 0) is 0 Å². The van der Waals surface area contributed by atoms with Crippen molar-refractivity contribution in [3.05, 3.63) is 212 Å². The molecule has 0 radical (unpaired) electrons. The minimum atomic E-state index is -1.38. The average molecular weight is 923 g/mol. The van der Waals surface area contributed by atoms with Crippen LogP contribution in [0.15, 0.2) is 146 Å². The molecule has 13 heteroatoms. The van der Waals surface area contributed by atoms with Crippen molar-refractivity contribution >= 4 is 5.78 Å². The molecule has 0 amide bonds. The molecule has 8 aromatic rings. The molecule has 0 spiro atoms. The average Bonchev–Trinajstić information content (AvgIpc) is 3.83. The summed E-state index contributed by atoms with van der Waals surface area (Å²) >= 11 is 0. The van der Waals surface area contributed by atoms with Crippen molar-refractivity contribution in [2.45, 2.75) is 41.6 Å². The molecule has 7 atom stereocenters. The Morgan fingerprint density at radius 1 is 0.348 bits per heavy atom. The predicted octanol–water partition coefficient (Wildman–Crippen LogP) is 9.89. The van der Waals surface area contributed by atoms with Gasteiger partial charge in [0.1, 0.15) is 75.1 Å². The van der Waals surface area contributed by atoms with Crippen molar-refractivity contribution in [1.29, 1.82) is 0 Å². The molecular formula is C56H42O13. The summed E-state index contributed by atoms with van der Waals surface area (Å²) < 4.78 is 6.74. The monoisotopic (exact) mass is 922 g/mol. The first-order chi connectivity index (χ1) is 33.1. The van der Waals surface area contributed by atoms with E-state index in [0.717, 1.165) is 6.07 Å². The molecule has 8 aromatic carbocycles. The number of ether oxygens (including phenoxy) is 1. The molecule has 0 saturated carbocycles. The van der Waals surface area contributed by atoms with E-state index >= 15 is 4.79 Å². The van der Waals surface area contributed by atoms with Gasteiger partial charge in [0.05, 0.1) is 11.8 Å². The molecule has 1 heterocycles. The van der Waals surface area contributed by atoms with E-state index in [-0.39, 0.29) is 90.9 Å². The molecule has 13 nitrogen and oxygen atoms in total. The highest BCUT2D eigenvalue weighted by molar-refractivity contribution is 6.03. The van der Waals surface area contributed by atoms with E-state index in [2.05, 4.69) is 0 Å². The van der Waals surface area contributed by atoms with Crippen LogP contribution in [0.3, 0.4) is 0 Å². The van der Waals surface area contributed by atoms with Crippen LogP contribution in [0, 0.1) is 0 Å². The van der Waals surface area contributed by atoms with E-state index in [1.165, 1.54) is 103 Å². The van der Waals surface area contributed by atoms with Gasteiger partial charge in [-0.15, -0.1) is 0 Å². The van der Waals surface area contributed by atoms with Gasteiger partial charge < -0.3 is 60.9 Å². The maximum absolute atomic E-state index is 15.8. The molecular weight excluding hydrogens is 881 g/mol. The van der Waals surface area contributed by atoms with E-state index < -0.39 is 58.9 Å². The highest BCUT2D eigenvalue weighted by Crippen LogP contribution is 2.67. The van der Waals surface area contributed by atoms with Gasteiger partial charge in [0, 0.05) is 75.8 Å². The van der Waals surface area contributed by atoms with Crippen LogP contribution in [0.2, 0.25) is 0 Å². The molecule has 1 aliphatic heterocycles. The summed E-state index contributed by atoms with van der Waals surface area (Å²) in [6.45, 7) is 0. The minimum Gasteiger partial charge on any atom is -0.508 e. The summed E-state index contributed by atoms with van der Waals surface area (Å²) in [5.41, 5.74) is 3.85.